The topological polar surface area (TPSA) is 83.2 Å². The summed E-state index contributed by atoms with van der Waals surface area (Å²) in [5.41, 5.74) is 1.17. The summed E-state index contributed by atoms with van der Waals surface area (Å²) in [5, 5.41) is 6.51. The molecule has 2 rings (SSSR count). The van der Waals surface area contributed by atoms with Crippen molar-refractivity contribution in [1.82, 2.24) is 15.6 Å². The average molecular weight is 383 g/mol. The second-order valence-electron chi connectivity index (χ2n) is 7.28. The molecule has 0 spiro atoms. The summed E-state index contributed by atoms with van der Waals surface area (Å²) in [6, 6.07) is 6.29. The van der Waals surface area contributed by atoms with E-state index < -0.39 is 6.04 Å². The van der Waals surface area contributed by atoms with Crippen LogP contribution in [0.25, 0.3) is 10.9 Å². The highest BCUT2D eigenvalue weighted by Crippen LogP contribution is 2.26. The van der Waals surface area contributed by atoms with Crippen LogP contribution in [-0.2, 0) is 4.79 Å². The van der Waals surface area contributed by atoms with E-state index >= 15 is 0 Å². The number of hydrogen-bond acceptors (Lipinski definition) is 3. The van der Waals surface area contributed by atoms with Gasteiger partial charge in [-0.2, -0.15) is 0 Å². The van der Waals surface area contributed by atoms with Gasteiger partial charge in [0, 0.05) is 10.9 Å². The van der Waals surface area contributed by atoms with Gasteiger partial charge in [-0.3, -0.25) is 9.59 Å². The number of aromatic amines is 1. The van der Waals surface area contributed by atoms with Crippen molar-refractivity contribution >= 4 is 22.7 Å². The van der Waals surface area contributed by atoms with Crippen LogP contribution < -0.4 is 15.4 Å². The molecule has 0 bridgehead atoms. The highest BCUT2D eigenvalue weighted by Gasteiger charge is 2.25. The van der Waals surface area contributed by atoms with Crippen molar-refractivity contribution in [2.45, 2.75) is 52.1 Å². The molecule has 6 nitrogen and oxygen atoms in total. The largest absolute Gasteiger partial charge is 0.496 e. The smallest absolute Gasteiger partial charge is 0.268 e. The maximum absolute atomic E-state index is 12.8. The van der Waals surface area contributed by atoms with Crippen LogP contribution in [0.15, 0.2) is 24.3 Å². The molecule has 0 aliphatic carbocycles. The Morgan fingerprint density at radius 3 is 2.64 bits per heavy atom. The van der Waals surface area contributed by atoms with E-state index in [9.17, 15) is 9.59 Å². The van der Waals surface area contributed by atoms with Crippen LogP contribution in [0.2, 0.25) is 0 Å². The molecule has 0 fully saturated rings. The Labute approximate surface area is 166 Å². The van der Waals surface area contributed by atoms with E-state index in [0.717, 1.165) is 17.3 Å². The number of amides is 2. The van der Waals surface area contributed by atoms with E-state index in [1.807, 2.05) is 39.0 Å². The normalized spacial score (nSPS) is 13.0. The van der Waals surface area contributed by atoms with Gasteiger partial charge in [0.25, 0.3) is 5.91 Å². The van der Waals surface area contributed by atoms with Crippen molar-refractivity contribution in [3.8, 4) is 18.1 Å². The number of methoxy groups -OCH3 is 1. The van der Waals surface area contributed by atoms with Crippen LogP contribution in [0.5, 0.6) is 5.75 Å². The van der Waals surface area contributed by atoms with Crippen molar-refractivity contribution in [1.29, 1.82) is 0 Å². The molecule has 2 amide bonds. The first-order valence-electron chi connectivity index (χ1n) is 9.62. The third-order valence-electron chi connectivity index (χ3n) is 4.51. The molecule has 28 heavy (non-hydrogen) atoms. The van der Waals surface area contributed by atoms with E-state index in [0.29, 0.717) is 24.3 Å². The SMILES string of the molecule is C#C[C@H](CCC)NC(=O)[C@H](CC(C)C)NC(=O)c1cc2c(OC)cccc2[nH]1. The van der Waals surface area contributed by atoms with Gasteiger partial charge in [0.05, 0.1) is 13.2 Å². The first-order chi connectivity index (χ1) is 13.4. The lowest BCUT2D eigenvalue weighted by molar-refractivity contribution is -0.123. The minimum absolute atomic E-state index is 0.231. The molecule has 1 aromatic carbocycles. The molecule has 2 aromatic rings. The van der Waals surface area contributed by atoms with Crippen LogP contribution in [0.3, 0.4) is 0 Å². The third-order valence-corrected chi connectivity index (χ3v) is 4.51. The van der Waals surface area contributed by atoms with Crippen molar-refractivity contribution < 1.29 is 14.3 Å². The fourth-order valence-corrected chi connectivity index (χ4v) is 3.12. The van der Waals surface area contributed by atoms with Gasteiger partial charge in [-0.15, -0.1) is 6.42 Å². The molecule has 1 aromatic heterocycles. The molecule has 0 saturated carbocycles. The fraction of sp³-hybridized carbons (Fsp3) is 0.455. The van der Waals surface area contributed by atoms with E-state index in [-0.39, 0.29) is 23.8 Å². The van der Waals surface area contributed by atoms with Crippen LogP contribution in [0.1, 0.15) is 50.5 Å². The maximum atomic E-state index is 12.8. The number of ether oxygens (including phenoxy) is 1. The zero-order chi connectivity index (χ0) is 20.7. The van der Waals surface area contributed by atoms with Crippen molar-refractivity contribution in [3.05, 3.63) is 30.0 Å². The first-order valence-corrected chi connectivity index (χ1v) is 9.62. The van der Waals surface area contributed by atoms with E-state index in [1.165, 1.54) is 0 Å². The van der Waals surface area contributed by atoms with Gasteiger partial charge in [0.15, 0.2) is 0 Å². The molecule has 2 atom stereocenters. The molecule has 150 valence electrons. The van der Waals surface area contributed by atoms with Crippen LogP contribution in [-0.4, -0.2) is 36.0 Å². The molecule has 0 radical (unpaired) electrons. The fourth-order valence-electron chi connectivity index (χ4n) is 3.12. The number of fused-ring (bicyclic) bond motifs is 1. The molecule has 0 saturated heterocycles. The lowest BCUT2D eigenvalue weighted by Gasteiger charge is -2.22. The number of rotatable bonds is 9. The van der Waals surface area contributed by atoms with Crippen LogP contribution >= 0.6 is 0 Å². The standard InChI is InChI=1S/C22H29N3O3/c1-6-9-15(7-2)23-21(26)18(12-14(3)4)25-22(27)19-13-16-17(24-19)10-8-11-20(16)28-5/h2,8,10-11,13-15,18,24H,6,9,12H2,1,3-5H3,(H,23,26)(H,25,27)/t15-,18+/m1/s1. The van der Waals surface area contributed by atoms with Crippen LogP contribution in [0, 0.1) is 18.3 Å². The minimum atomic E-state index is -0.659. The summed E-state index contributed by atoms with van der Waals surface area (Å²) < 4.78 is 5.34. The highest BCUT2D eigenvalue weighted by atomic mass is 16.5. The van der Waals surface area contributed by atoms with E-state index in [4.69, 9.17) is 11.2 Å². The van der Waals surface area contributed by atoms with E-state index in [2.05, 4.69) is 21.5 Å². The summed E-state index contributed by atoms with van der Waals surface area (Å²) in [6.07, 6.45) is 7.59. The van der Waals surface area contributed by atoms with Gasteiger partial charge in [0.1, 0.15) is 17.5 Å². The van der Waals surface area contributed by atoms with Gasteiger partial charge in [-0.1, -0.05) is 39.2 Å². The van der Waals surface area contributed by atoms with Gasteiger partial charge < -0.3 is 20.4 Å². The zero-order valence-corrected chi connectivity index (χ0v) is 17.0. The predicted octanol–water partition coefficient (Wildman–Crippen LogP) is 3.24. The summed E-state index contributed by atoms with van der Waals surface area (Å²) in [7, 11) is 1.59. The van der Waals surface area contributed by atoms with E-state index in [1.54, 1.807) is 13.2 Å². The summed E-state index contributed by atoms with van der Waals surface area (Å²) in [4.78, 5) is 28.6. The summed E-state index contributed by atoms with van der Waals surface area (Å²) in [6.45, 7) is 6.02. The second-order valence-corrected chi connectivity index (χ2v) is 7.28. The summed E-state index contributed by atoms with van der Waals surface area (Å²) in [5.74, 6) is 2.91. The van der Waals surface area contributed by atoms with Gasteiger partial charge in [0.2, 0.25) is 5.91 Å². The average Bonchev–Trinajstić information content (AvgIpc) is 3.11. The van der Waals surface area contributed by atoms with Crippen molar-refractivity contribution in [3.63, 3.8) is 0 Å². The Morgan fingerprint density at radius 1 is 1.29 bits per heavy atom. The molecule has 3 N–H and O–H groups in total. The molecule has 0 aliphatic heterocycles. The van der Waals surface area contributed by atoms with Gasteiger partial charge in [-0.05, 0) is 37.0 Å². The monoisotopic (exact) mass is 383 g/mol. The lowest BCUT2D eigenvalue weighted by Crippen LogP contribution is -2.50. The number of benzene rings is 1. The Kier molecular flexibility index (Phi) is 7.51. The number of carbonyl (C=O) groups is 2. The molecule has 0 aliphatic rings. The maximum Gasteiger partial charge on any atom is 0.268 e. The Morgan fingerprint density at radius 2 is 2.04 bits per heavy atom. The molecule has 0 unspecified atom stereocenters. The second kappa shape index (κ2) is 9.84. The van der Waals surface area contributed by atoms with Crippen molar-refractivity contribution in [2.75, 3.05) is 7.11 Å². The molecular formula is C22H29N3O3. The van der Waals surface area contributed by atoms with Gasteiger partial charge >= 0.3 is 0 Å². The van der Waals surface area contributed by atoms with Gasteiger partial charge in [-0.25, -0.2) is 0 Å². The Hall–Kier alpha value is -2.94. The first kappa shape index (κ1) is 21.4. The third kappa shape index (κ3) is 5.29. The number of hydrogen-bond donors (Lipinski definition) is 3. The lowest BCUT2D eigenvalue weighted by atomic mass is 10.0. The predicted molar refractivity (Wildman–Crippen MR) is 111 cm³/mol. The zero-order valence-electron chi connectivity index (χ0n) is 17.0. The highest BCUT2D eigenvalue weighted by molar-refractivity contribution is 6.01. The Bertz CT molecular complexity index is 864. The quantitative estimate of drug-likeness (QED) is 0.581. The molecular weight excluding hydrogens is 354 g/mol. The number of nitrogens with one attached hydrogen (secondary N) is 3. The number of carbonyl (C=O) groups excluding carboxylic acids is 2. The summed E-state index contributed by atoms with van der Waals surface area (Å²) >= 11 is 0. The number of terminal acetylenes is 1. The molecule has 6 heteroatoms. The minimum Gasteiger partial charge on any atom is -0.496 e. The molecule has 1 heterocycles. The Balaban J connectivity index is 2.18. The number of aromatic nitrogens is 1. The van der Waals surface area contributed by atoms with Crippen molar-refractivity contribution in [2.24, 2.45) is 5.92 Å². The number of H-pyrrole nitrogens is 1. The van der Waals surface area contributed by atoms with Crippen LogP contribution in [0.4, 0.5) is 0 Å².